The van der Waals surface area contributed by atoms with Crippen LogP contribution in [0.3, 0.4) is 0 Å². The van der Waals surface area contributed by atoms with Gasteiger partial charge in [0.15, 0.2) is 0 Å². The summed E-state index contributed by atoms with van der Waals surface area (Å²) < 4.78 is 0. The van der Waals surface area contributed by atoms with Crippen LogP contribution in [-0.2, 0) is 0 Å². The van der Waals surface area contributed by atoms with E-state index in [9.17, 15) is 0 Å². The smallest absolute Gasteiger partial charge is 0.119 e. The Kier molecular flexibility index (Phi) is 4.56. The SMILES string of the molecule is CCCCN(CC)CC(N)(C#N)C1CC1. The van der Waals surface area contributed by atoms with Gasteiger partial charge in [0.1, 0.15) is 5.54 Å². The highest BCUT2D eigenvalue weighted by Gasteiger charge is 2.43. The Morgan fingerprint density at radius 3 is 2.53 bits per heavy atom. The Morgan fingerprint density at radius 1 is 1.47 bits per heavy atom. The first-order valence-corrected chi connectivity index (χ1v) is 6.08. The highest BCUT2D eigenvalue weighted by molar-refractivity contribution is 5.14. The molecule has 1 rings (SSSR count). The third-order valence-corrected chi connectivity index (χ3v) is 3.27. The van der Waals surface area contributed by atoms with Crippen molar-refractivity contribution in [1.29, 1.82) is 5.26 Å². The number of nitriles is 1. The minimum absolute atomic E-state index is 0.443. The topological polar surface area (TPSA) is 53.0 Å². The quantitative estimate of drug-likeness (QED) is 0.695. The Labute approximate surface area is 93.2 Å². The second kappa shape index (κ2) is 5.48. The molecule has 1 saturated carbocycles. The number of rotatable bonds is 7. The zero-order valence-electron chi connectivity index (χ0n) is 10.00. The van der Waals surface area contributed by atoms with Gasteiger partial charge in [0, 0.05) is 6.54 Å². The zero-order chi connectivity index (χ0) is 11.3. The highest BCUT2D eigenvalue weighted by atomic mass is 15.1. The van der Waals surface area contributed by atoms with Crippen molar-refractivity contribution >= 4 is 0 Å². The van der Waals surface area contributed by atoms with Gasteiger partial charge >= 0.3 is 0 Å². The van der Waals surface area contributed by atoms with Crippen LogP contribution >= 0.6 is 0 Å². The monoisotopic (exact) mass is 209 g/mol. The van der Waals surface area contributed by atoms with Crippen LogP contribution in [-0.4, -0.2) is 30.1 Å². The van der Waals surface area contributed by atoms with Crippen molar-refractivity contribution in [3.63, 3.8) is 0 Å². The van der Waals surface area contributed by atoms with Crippen molar-refractivity contribution in [2.24, 2.45) is 11.7 Å². The predicted octanol–water partition coefficient (Wildman–Crippen LogP) is 1.74. The summed E-state index contributed by atoms with van der Waals surface area (Å²) in [6.45, 7) is 7.13. The van der Waals surface area contributed by atoms with Crippen molar-refractivity contribution in [3.8, 4) is 6.07 Å². The second-order valence-corrected chi connectivity index (χ2v) is 4.65. The van der Waals surface area contributed by atoms with E-state index in [1.165, 1.54) is 12.8 Å². The van der Waals surface area contributed by atoms with E-state index in [1.807, 2.05) is 0 Å². The molecule has 0 radical (unpaired) electrons. The number of unbranched alkanes of at least 4 members (excludes halogenated alkanes) is 1. The fourth-order valence-corrected chi connectivity index (χ4v) is 1.95. The first-order valence-electron chi connectivity index (χ1n) is 6.08. The third kappa shape index (κ3) is 3.48. The van der Waals surface area contributed by atoms with Gasteiger partial charge in [-0.3, -0.25) is 0 Å². The van der Waals surface area contributed by atoms with Gasteiger partial charge in [-0.05, 0) is 38.3 Å². The molecule has 3 nitrogen and oxygen atoms in total. The van der Waals surface area contributed by atoms with Crippen molar-refractivity contribution in [2.45, 2.75) is 45.1 Å². The largest absolute Gasteiger partial charge is 0.312 e. The van der Waals surface area contributed by atoms with E-state index in [4.69, 9.17) is 11.0 Å². The lowest BCUT2D eigenvalue weighted by atomic mass is 9.95. The standard InChI is InChI=1S/C12H23N3/c1-3-5-8-15(4-2)10-12(14,9-13)11-6-7-11/h11H,3-8,10,14H2,1-2H3. The number of nitrogens with two attached hydrogens (primary N) is 1. The van der Waals surface area contributed by atoms with Crippen LogP contribution in [0.2, 0.25) is 0 Å². The molecular weight excluding hydrogens is 186 g/mol. The van der Waals surface area contributed by atoms with E-state index in [0.29, 0.717) is 5.92 Å². The molecule has 0 saturated heterocycles. The van der Waals surface area contributed by atoms with Crippen LogP contribution in [0.5, 0.6) is 0 Å². The molecule has 1 aliphatic carbocycles. The molecule has 1 fully saturated rings. The molecule has 0 spiro atoms. The molecule has 0 bridgehead atoms. The molecule has 0 aromatic heterocycles. The average molecular weight is 209 g/mol. The molecule has 0 aromatic rings. The molecule has 0 heterocycles. The molecule has 1 aliphatic rings. The van der Waals surface area contributed by atoms with E-state index in [2.05, 4.69) is 24.8 Å². The number of likely N-dealkylation sites (N-methyl/N-ethyl adjacent to an activating group) is 1. The van der Waals surface area contributed by atoms with Crippen LogP contribution in [0, 0.1) is 17.2 Å². The lowest BCUT2D eigenvalue weighted by Crippen LogP contribution is -2.51. The van der Waals surface area contributed by atoms with Crippen molar-refractivity contribution in [3.05, 3.63) is 0 Å². The van der Waals surface area contributed by atoms with Crippen LogP contribution in [0.4, 0.5) is 0 Å². The molecule has 1 unspecified atom stereocenters. The minimum Gasteiger partial charge on any atom is -0.312 e. The first kappa shape index (κ1) is 12.5. The van der Waals surface area contributed by atoms with E-state index in [0.717, 1.165) is 32.5 Å². The normalized spacial score (nSPS) is 19.9. The van der Waals surface area contributed by atoms with E-state index < -0.39 is 5.54 Å². The maximum Gasteiger partial charge on any atom is 0.119 e. The fraction of sp³-hybridized carbons (Fsp3) is 0.917. The van der Waals surface area contributed by atoms with Gasteiger partial charge in [0.05, 0.1) is 6.07 Å². The van der Waals surface area contributed by atoms with E-state index in [1.54, 1.807) is 0 Å². The summed E-state index contributed by atoms with van der Waals surface area (Å²) >= 11 is 0. The second-order valence-electron chi connectivity index (χ2n) is 4.65. The van der Waals surface area contributed by atoms with Crippen LogP contribution < -0.4 is 5.73 Å². The molecule has 86 valence electrons. The lowest BCUT2D eigenvalue weighted by Gasteiger charge is -2.29. The Bertz CT molecular complexity index is 230. The van der Waals surface area contributed by atoms with Gasteiger partial charge in [0.25, 0.3) is 0 Å². The summed E-state index contributed by atoms with van der Waals surface area (Å²) in [6.07, 6.45) is 4.66. The third-order valence-electron chi connectivity index (χ3n) is 3.27. The van der Waals surface area contributed by atoms with Crippen LogP contribution in [0.1, 0.15) is 39.5 Å². The van der Waals surface area contributed by atoms with Crippen LogP contribution in [0.15, 0.2) is 0 Å². The van der Waals surface area contributed by atoms with Crippen molar-refractivity contribution in [2.75, 3.05) is 19.6 Å². The Morgan fingerprint density at radius 2 is 2.13 bits per heavy atom. The summed E-state index contributed by atoms with van der Waals surface area (Å²) in [5, 5.41) is 9.16. The van der Waals surface area contributed by atoms with Crippen molar-refractivity contribution in [1.82, 2.24) is 4.90 Å². The maximum atomic E-state index is 9.16. The molecule has 2 N–H and O–H groups in total. The minimum atomic E-state index is -0.594. The lowest BCUT2D eigenvalue weighted by molar-refractivity contribution is 0.228. The zero-order valence-corrected chi connectivity index (χ0v) is 10.00. The summed E-state index contributed by atoms with van der Waals surface area (Å²) in [5.74, 6) is 0.443. The Balaban J connectivity index is 2.44. The molecule has 3 heteroatoms. The first-order chi connectivity index (χ1) is 7.16. The van der Waals surface area contributed by atoms with Crippen molar-refractivity contribution < 1.29 is 0 Å². The van der Waals surface area contributed by atoms with Gasteiger partial charge in [-0.25, -0.2) is 0 Å². The molecule has 0 amide bonds. The molecule has 15 heavy (non-hydrogen) atoms. The van der Waals surface area contributed by atoms with Crippen LogP contribution in [0.25, 0.3) is 0 Å². The van der Waals surface area contributed by atoms with Gasteiger partial charge in [-0.15, -0.1) is 0 Å². The molecular formula is C12H23N3. The number of nitrogens with zero attached hydrogens (tertiary/aromatic N) is 2. The Hall–Kier alpha value is -0.590. The summed E-state index contributed by atoms with van der Waals surface area (Å²) in [5.41, 5.74) is 5.55. The number of hydrogen-bond donors (Lipinski definition) is 1. The predicted molar refractivity (Wildman–Crippen MR) is 62.3 cm³/mol. The highest BCUT2D eigenvalue weighted by Crippen LogP contribution is 2.38. The summed E-state index contributed by atoms with van der Waals surface area (Å²) in [6, 6.07) is 2.32. The van der Waals surface area contributed by atoms with Gasteiger partial charge in [0.2, 0.25) is 0 Å². The van der Waals surface area contributed by atoms with Gasteiger partial charge in [-0.1, -0.05) is 20.3 Å². The average Bonchev–Trinajstić information content (AvgIpc) is 3.07. The molecule has 0 aromatic carbocycles. The fourth-order valence-electron chi connectivity index (χ4n) is 1.95. The maximum absolute atomic E-state index is 9.16. The summed E-state index contributed by atoms with van der Waals surface area (Å²) in [7, 11) is 0. The molecule has 1 atom stereocenters. The van der Waals surface area contributed by atoms with Gasteiger partial charge < -0.3 is 10.6 Å². The number of hydrogen-bond acceptors (Lipinski definition) is 3. The summed E-state index contributed by atoms with van der Waals surface area (Å²) in [4.78, 5) is 2.31. The van der Waals surface area contributed by atoms with Gasteiger partial charge in [-0.2, -0.15) is 5.26 Å². The molecule has 0 aliphatic heterocycles. The van der Waals surface area contributed by atoms with E-state index >= 15 is 0 Å². The van der Waals surface area contributed by atoms with E-state index in [-0.39, 0.29) is 0 Å².